The predicted molar refractivity (Wildman–Crippen MR) is 76.5 cm³/mol. The molecule has 2 fully saturated rings. The second-order valence-electron chi connectivity index (χ2n) is 6.07. The summed E-state index contributed by atoms with van der Waals surface area (Å²) < 4.78 is 0. The van der Waals surface area contributed by atoms with Crippen LogP contribution >= 0.6 is 0 Å². The van der Waals surface area contributed by atoms with Gasteiger partial charge >= 0.3 is 12.0 Å². The molecular formula is C15H26N2O3. The molecule has 3 unspecified atom stereocenters. The lowest BCUT2D eigenvalue weighted by atomic mass is 9.96. The van der Waals surface area contributed by atoms with Crippen LogP contribution in [0.25, 0.3) is 0 Å². The van der Waals surface area contributed by atoms with Crippen LogP contribution in [0.2, 0.25) is 0 Å². The second-order valence-corrected chi connectivity index (χ2v) is 6.07. The number of carboxylic acid groups (broad SMARTS) is 1. The molecule has 1 saturated carbocycles. The van der Waals surface area contributed by atoms with E-state index < -0.39 is 5.97 Å². The molecule has 5 heteroatoms. The van der Waals surface area contributed by atoms with Crippen LogP contribution in [-0.4, -0.2) is 41.1 Å². The van der Waals surface area contributed by atoms with Crippen molar-refractivity contribution in [1.29, 1.82) is 0 Å². The highest BCUT2D eigenvalue weighted by molar-refractivity contribution is 5.75. The molecule has 0 spiro atoms. The van der Waals surface area contributed by atoms with Crippen molar-refractivity contribution in [3.8, 4) is 0 Å². The lowest BCUT2D eigenvalue weighted by molar-refractivity contribution is -0.142. The van der Waals surface area contributed by atoms with Crippen LogP contribution in [0, 0.1) is 11.8 Å². The van der Waals surface area contributed by atoms with Crippen molar-refractivity contribution < 1.29 is 14.7 Å². The number of carbonyl (C=O) groups is 2. The molecular weight excluding hydrogens is 256 g/mol. The first-order valence-corrected chi connectivity index (χ1v) is 7.90. The number of hydrogen-bond acceptors (Lipinski definition) is 2. The van der Waals surface area contributed by atoms with Crippen molar-refractivity contribution in [2.45, 2.75) is 57.9 Å². The van der Waals surface area contributed by atoms with Gasteiger partial charge in [0.2, 0.25) is 0 Å². The Kier molecular flexibility index (Phi) is 5.26. The fraction of sp³-hybridized carbons (Fsp3) is 0.867. The summed E-state index contributed by atoms with van der Waals surface area (Å²) in [5, 5.41) is 12.1. The van der Waals surface area contributed by atoms with Gasteiger partial charge in [-0.25, -0.2) is 4.79 Å². The quantitative estimate of drug-likeness (QED) is 0.832. The van der Waals surface area contributed by atoms with E-state index in [1.54, 1.807) is 0 Å². The van der Waals surface area contributed by atoms with Crippen molar-refractivity contribution in [1.82, 2.24) is 10.2 Å². The molecule has 3 atom stereocenters. The lowest BCUT2D eigenvalue weighted by Gasteiger charge is -2.35. The Labute approximate surface area is 120 Å². The normalized spacial score (nSPS) is 30.2. The fourth-order valence-corrected chi connectivity index (χ4v) is 3.62. The zero-order valence-corrected chi connectivity index (χ0v) is 12.3. The zero-order valence-electron chi connectivity index (χ0n) is 12.3. The van der Waals surface area contributed by atoms with Crippen LogP contribution < -0.4 is 5.32 Å². The minimum atomic E-state index is -0.717. The van der Waals surface area contributed by atoms with Gasteiger partial charge in [0.1, 0.15) is 0 Å². The Hall–Kier alpha value is -1.26. The fourth-order valence-electron chi connectivity index (χ4n) is 3.62. The third-order valence-electron chi connectivity index (χ3n) is 4.85. The number of nitrogens with zero attached hydrogens (tertiary/aromatic N) is 1. The third-order valence-corrected chi connectivity index (χ3v) is 4.85. The van der Waals surface area contributed by atoms with E-state index in [2.05, 4.69) is 12.2 Å². The largest absolute Gasteiger partial charge is 0.481 e. The van der Waals surface area contributed by atoms with E-state index in [0.717, 1.165) is 45.1 Å². The summed E-state index contributed by atoms with van der Waals surface area (Å²) in [6.07, 6.45) is 6.97. The number of carbonyl (C=O) groups excluding carboxylic acids is 1. The molecule has 2 amide bonds. The van der Waals surface area contributed by atoms with Gasteiger partial charge in [-0.15, -0.1) is 0 Å². The first-order chi connectivity index (χ1) is 9.63. The summed E-state index contributed by atoms with van der Waals surface area (Å²) in [6, 6.07) is 0.343. The lowest BCUT2D eigenvalue weighted by Crippen LogP contribution is -2.49. The van der Waals surface area contributed by atoms with Crippen molar-refractivity contribution in [3.05, 3.63) is 0 Å². The van der Waals surface area contributed by atoms with Crippen LogP contribution in [0.5, 0.6) is 0 Å². The molecule has 0 bridgehead atoms. The van der Waals surface area contributed by atoms with Gasteiger partial charge in [-0.05, 0) is 44.4 Å². The van der Waals surface area contributed by atoms with E-state index in [1.165, 1.54) is 6.42 Å². The van der Waals surface area contributed by atoms with Gasteiger partial charge in [-0.2, -0.15) is 0 Å². The highest BCUT2D eigenvalue weighted by Crippen LogP contribution is 2.31. The molecule has 2 N–H and O–H groups in total. The molecule has 5 nitrogen and oxygen atoms in total. The highest BCUT2D eigenvalue weighted by atomic mass is 16.4. The van der Waals surface area contributed by atoms with Gasteiger partial charge in [0.15, 0.2) is 0 Å². The zero-order chi connectivity index (χ0) is 14.5. The molecule has 2 aliphatic rings. The summed E-state index contributed by atoms with van der Waals surface area (Å²) in [5.41, 5.74) is 0. The molecule has 114 valence electrons. The van der Waals surface area contributed by atoms with E-state index >= 15 is 0 Å². The summed E-state index contributed by atoms with van der Waals surface area (Å²) in [7, 11) is 0. The summed E-state index contributed by atoms with van der Waals surface area (Å²) in [5.74, 6) is -0.897. The molecule has 1 saturated heterocycles. The van der Waals surface area contributed by atoms with Gasteiger partial charge in [0, 0.05) is 19.1 Å². The number of carboxylic acids is 1. The predicted octanol–water partition coefficient (Wildman–Crippen LogP) is 2.46. The first kappa shape index (κ1) is 15.1. The number of nitrogens with one attached hydrogen (secondary N) is 1. The van der Waals surface area contributed by atoms with Crippen LogP contribution in [0.4, 0.5) is 4.79 Å². The summed E-state index contributed by atoms with van der Waals surface area (Å²) >= 11 is 0. The molecule has 2 rings (SSSR count). The van der Waals surface area contributed by atoms with Crippen LogP contribution in [0.15, 0.2) is 0 Å². The van der Waals surface area contributed by atoms with Crippen LogP contribution in [-0.2, 0) is 4.79 Å². The van der Waals surface area contributed by atoms with E-state index in [1.807, 2.05) is 4.90 Å². The molecule has 20 heavy (non-hydrogen) atoms. The standard InChI is InChI=1S/C15H26N2O3/c1-2-12-7-3-4-9-17(12)15(20)16-10-11-6-5-8-13(11)14(18)19/h11-13H,2-10H2,1H3,(H,16,20)(H,18,19). The molecule has 0 aromatic carbocycles. The van der Waals surface area contributed by atoms with Gasteiger partial charge in [0.05, 0.1) is 5.92 Å². The van der Waals surface area contributed by atoms with Gasteiger partial charge in [-0.3, -0.25) is 4.79 Å². The topological polar surface area (TPSA) is 69.6 Å². The SMILES string of the molecule is CCC1CCCCN1C(=O)NCC1CCCC1C(=O)O. The average Bonchev–Trinajstić information content (AvgIpc) is 2.93. The average molecular weight is 282 g/mol. The number of likely N-dealkylation sites (tertiary alicyclic amines) is 1. The molecule has 1 heterocycles. The van der Waals surface area contributed by atoms with E-state index in [4.69, 9.17) is 5.11 Å². The Bertz CT molecular complexity index is 359. The number of piperidine rings is 1. The highest BCUT2D eigenvalue weighted by Gasteiger charge is 2.33. The second kappa shape index (κ2) is 6.95. The van der Waals surface area contributed by atoms with Crippen LogP contribution in [0.3, 0.4) is 0 Å². The Morgan fingerprint density at radius 3 is 2.70 bits per heavy atom. The van der Waals surface area contributed by atoms with Gasteiger partial charge in [0.25, 0.3) is 0 Å². The Balaban J connectivity index is 1.83. The Morgan fingerprint density at radius 1 is 1.20 bits per heavy atom. The minimum Gasteiger partial charge on any atom is -0.481 e. The summed E-state index contributed by atoms with van der Waals surface area (Å²) in [6.45, 7) is 3.45. The van der Waals surface area contributed by atoms with Crippen molar-refractivity contribution in [3.63, 3.8) is 0 Å². The molecule has 0 aromatic heterocycles. The number of aliphatic carboxylic acids is 1. The van der Waals surface area contributed by atoms with E-state index in [0.29, 0.717) is 12.6 Å². The van der Waals surface area contributed by atoms with E-state index in [-0.39, 0.29) is 17.9 Å². The van der Waals surface area contributed by atoms with Gasteiger partial charge in [-0.1, -0.05) is 13.3 Å². The maximum absolute atomic E-state index is 12.3. The first-order valence-electron chi connectivity index (χ1n) is 7.90. The minimum absolute atomic E-state index is 0.00686. The number of amides is 2. The van der Waals surface area contributed by atoms with Crippen molar-refractivity contribution in [2.24, 2.45) is 11.8 Å². The maximum atomic E-state index is 12.3. The van der Waals surface area contributed by atoms with E-state index in [9.17, 15) is 9.59 Å². The van der Waals surface area contributed by atoms with Crippen molar-refractivity contribution >= 4 is 12.0 Å². The number of rotatable bonds is 4. The molecule has 1 aliphatic heterocycles. The van der Waals surface area contributed by atoms with Crippen LogP contribution in [0.1, 0.15) is 51.9 Å². The summed E-state index contributed by atoms with van der Waals surface area (Å²) in [4.78, 5) is 25.3. The third kappa shape index (κ3) is 3.44. The monoisotopic (exact) mass is 282 g/mol. The number of urea groups is 1. The molecule has 0 aromatic rings. The molecule has 0 radical (unpaired) electrons. The Morgan fingerprint density at radius 2 is 2.00 bits per heavy atom. The maximum Gasteiger partial charge on any atom is 0.317 e. The number of hydrogen-bond donors (Lipinski definition) is 2. The molecule has 1 aliphatic carbocycles. The van der Waals surface area contributed by atoms with Crippen molar-refractivity contribution in [2.75, 3.05) is 13.1 Å². The smallest absolute Gasteiger partial charge is 0.317 e. The van der Waals surface area contributed by atoms with Gasteiger partial charge < -0.3 is 15.3 Å².